The van der Waals surface area contributed by atoms with Crippen molar-refractivity contribution in [3.63, 3.8) is 0 Å². The number of nitrogens with two attached hydrogens (primary N) is 4. The van der Waals surface area contributed by atoms with Gasteiger partial charge in [0, 0.05) is 72.0 Å². The van der Waals surface area contributed by atoms with Crippen molar-refractivity contribution in [3.05, 3.63) is 41.4 Å². The number of hydrogen-bond acceptors (Lipinski definition) is 16. The van der Waals surface area contributed by atoms with Gasteiger partial charge in [-0.1, -0.05) is 46.0 Å². The van der Waals surface area contributed by atoms with Crippen LogP contribution in [0, 0.1) is 0 Å². The first-order valence-corrected chi connectivity index (χ1v) is 22.1. The van der Waals surface area contributed by atoms with Gasteiger partial charge < -0.3 is 67.8 Å². The van der Waals surface area contributed by atoms with Gasteiger partial charge in [-0.05, 0) is 62.1 Å². The van der Waals surface area contributed by atoms with Crippen LogP contribution in [0.4, 0.5) is 5.69 Å². The van der Waals surface area contributed by atoms with Crippen molar-refractivity contribution in [2.24, 2.45) is 22.9 Å². The van der Waals surface area contributed by atoms with Crippen LogP contribution in [0.3, 0.4) is 0 Å². The molecule has 0 unspecified atom stereocenters. The number of unbranched alkanes of at least 4 members (excludes halogenated alkanes) is 3. The lowest BCUT2D eigenvalue weighted by Gasteiger charge is -2.46. The Morgan fingerprint density at radius 3 is 2.48 bits per heavy atom. The molecular weight excluding hydrogens is 782 g/mol. The van der Waals surface area contributed by atoms with Crippen molar-refractivity contribution < 1.29 is 39.1 Å². The van der Waals surface area contributed by atoms with Gasteiger partial charge in [-0.2, -0.15) is 0 Å². The Hall–Kier alpha value is -2.23. The molecule has 15 nitrogen and oxygen atoms in total. The third kappa shape index (κ3) is 11.9. The van der Waals surface area contributed by atoms with Crippen molar-refractivity contribution in [2.75, 3.05) is 50.2 Å². The predicted molar refractivity (Wildman–Crippen MR) is 224 cm³/mol. The van der Waals surface area contributed by atoms with E-state index in [1.54, 1.807) is 28.7 Å². The fraction of sp³-hybridized carbons (Fsp3) is 0.632. The minimum Gasteiger partial charge on any atom is -0.497 e. The molecule has 0 radical (unpaired) electrons. The Kier molecular flexibility index (Phi) is 17.8. The van der Waals surface area contributed by atoms with Crippen LogP contribution in [0.2, 0.25) is 5.02 Å². The van der Waals surface area contributed by atoms with E-state index in [0.29, 0.717) is 37.6 Å². The van der Waals surface area contributed by atoms with Crippen LogP contribution in [0.5, 0.6) is 5.75 Å². The highest BCUT2D eigenvalue weighted by Gasteiger charge is 2.48. The molecule has 312 valence electrons. The van der Waals surface area contributed by atoms with E-state index in [1.165, 1.54) is 0 Å². The van der Waals surface area contributed by atoms with Crippen molar-refractivity contribution in [1.82, 2.24) is 10.3 Å². The number of nitrogens with one attached hydrogen (secondary N) is 2. The van der Waals surface area contributed by atoms with Gasteiger partial charge in [0.25, 0.3) is 0 Å². The maximum Gasteiger partial charge on any atom is 0.220 e. The molecule has 1 aromatic heterocycles. The maximum atomic E-state index is 12.4. The van der Waals surface area contributed by atoms with E-state index in [0.717, 1.165) is 76.9 Å². The molecule has 0 spiro atoms. The van der Waals surface area contributed by atoms with Crippen LogP contribution in [-0.4, -0.2) is 132 Å². The van der Waals surface area contributed by atoms with Gasteiger partial charge in [-0.25, -0.2) is 4.98 Å². The fourth-order valence-electron chi connectivity index (χ4n) is 6.99. The normalized spacial score (nSPS) is 28.1. The van der Waals surface area contributed by atoms with E-state index >= 15 is 0 Å². The molecule has 56 heavy (non-hydrogen) atoms. The van der Waals surface area contributed by atoms with Crippen LogP contribution in [-0.2, 0) is 19.0 Å². The molecule has 10 atom stereocenters. The van der Waals surface area contributed by atoms with E-state index in [2.05, 4.69) is 10.6 Å². The molecule has 2 aromatic carbocycles. The molecule has 2 fully saturated rings. The van der Waals surface area contributed by atoms with Crippen molar-refractivity contribution >= 4 is 66.6 Å². The summed E-state index contributed by atoms with van der Waals surface area (Å²) in [5.41, 5.74) is 26.9. The number of aliphatic hydroxyl groups excluding tert-OH is 3. The standard InChI is InChI=1S/C38H58ClN7O8S2/c1-51-22-8-10-27-24(18-22)32(23-9-7-21(39)17-28(23)46-27)45-13-6-12-44-30(47)11-16-56-55-15-5-3-2-4-14-52-37-33(48)25(41)19-26(42)36(37)54-38-31(43)35(50)34(49)29(20-40)53-38/h7-10,17-18,25-26,29,31,33-38,48-50H,2-6,11-16,19-20,40-43H2,1H3,(H,44,47)(H,45,46)/t25-,26+,29-,31-,33+,34-,35-,36-,37-,38-/m1/s1. The number of methoxy groups -OCH3 is 1. The van der Waals surface area contributed by atoms with E-state index in [9.17, 15) is 20.1 Å². The number of carbonyl (C=O) groups is 1. The summed E-state index contributed by atoms with van der Waals surface area (Å²) in [6, 6.07) is 9.29. The third-order valence-corrected chi connectivity index (χ3v) is 12.9. The number of ether oxygens (including phenoxy) is 4. The van der Waals surface area contributed by atoms with E-state index in [1.807, 2.05) is 36.4 Å². The van der Waals surface area contributed by atoms with E-state index < -0.39 is 61.0 Å². The molecule has 3 aromatic rings. The minimum absolute atomic E-state index is 0.0395. The average Bonchev–Trinajstić information content (AvgIpc) is 3.19. The number of hydrogen-bond donors (Lipinski definition) is 9. The van der Waals surface area contributed by atoms with Crippen LogP contribution in [0.15, 0.2) is 36.4 Å². The second-order valence-corrected chi connectivity index (χ2v) is 17.4. The highest BCUT2D eigenvalue weighted by Crippen LogP contribution is 2.34. The molecular formula is C38H58ClN7O8S2. The molecule has 1 aliphatic carbocycles. The Bertz CT molecular complexity index is 1700. The first-order chi connectivity index (χ1) is 27.0. The highest BCUT2D eigenvalue weighted by molar-refractivity contribution is 8.76. The lowest BCUT2D eigenvalue weighted by Crippen LogP contribution is -2.67. The first kappa shape index (κ1) is 44.9. The number of carbonyl (C=O) groups excluding carboxylic acids is 1. The topological polar surface area (TPSA) is 256 Å². The Balaban J connectivity index is 0.921. The zero-order chi connectivity index (χ0) is 40.2. The lowest BCUT2D eigenvalue weighted by molar-refractivity contribution is -0.291. The minimum atomic E-state index is -1.30. The largest absolute Gasteiger partial charge is 0.497 e. The number of amides is 1. The molecule has 1 saturated carbocycles. The zero-order valence-electron chi connectivity index (χ0n) is 31.8. The number of fused-ring (bicyclic) bond motifs is 2. The second kappa shape index (κ2) is 22.2. The first-order valence-electron chi connectivity index (χ1n) is 19.3. The highest BCUT2D eigenvalue weighted by atomic mass is 35.5. The van der Waals surface area contributed by atoms with Gasteiger partial charge in [-0.3, -0.25) is 4.79 Å². The summed E-state index contributed by atoms with van der Waals surface area (Å²) in [5, 5.41) is 40.6. The number of rotatable bonds is 21. The summed E-state index contributed by atoms with van der Waals surface area (Å²) in [6.45, 7) is 1.58. The molecule has 1 aliphatic heterocycles. The number of nitrogens with zero attached hydrogens (tertiary/aromatic N) is 1. The number of pyridine rings is 1. The second-order valence-electron chi connectivity index (χ2n) is 14.3. The van der Waals surface area contributed by atoms with Gasteiger partial charge in [0.05, 0.1) is 36.0 Å². The van der Waals surface area contributed by atoms with Gasteiger partial charge in [-0.15, -0.1) is 0 Å². The summed E-state index contributed by atoms with van der Waals surface area (Å²) in [7, 11) is 5.12. The quantitative estimate of drug-likeness (QED) is 0.0424. The van der Waals surface area contributed by atoms with E-state index in [-0.39, 0.29) is 12.5 Å². The van der Waals surface area contributed by atoms with Crippen LogP contribution >= 0.6 is 33.2 Å². The van der Waals surface area contributed by atoms with Crippen molar-refractivity contribution in [2.45, 2.75) is 106 Å². The Morgan fingerprint density at radius 1 is 0.911 bits per heavy atom. The van der Waals surface area contributed by atoms with Crippen LogP contribution in [0.25, 0.3) is 21.8 Å². The Labute approximate surface area is 341 Å². The predicted octanol–water partition coefficient (Wildman–Crippen LogP) is 2.22. The number of anilines is 1. The number of benzene rings is 2. The average molecular weight is 841 g/mol. The van der Waals surface area contributed by atoms with Crippen LogP contribution in [0.1, 0.15) is 44.9 Å². The maximum absolute atomic E-state index is 12.4. The molecule has 5 rings (SSSR count). The molecule has 0 bridgehead atoms. The zero-order valence-corrected chi connectivity index (χ0v) is 34.2. The van der Waals surface area contributed by atoms with Gasteiger partial charge >= 0.3 is 0 Å². The fourth-order valence-corrected chi connectivity index (χ4v) is 9.29. The summed E-state index contributed by atoms with van der Waals surface area (Å²) >= 11 is 6.24. The molecule has 1 saturated heterocycles. The van der Waals surface area contributed by atoms with Crippen molar-refractivity contribution in [3.8, 4) is 5.75 Å². The Morgan fingerprint density at radius 2 is 1.70 bits per heavy atom. The third-order valence-electron chi connectivity index (χ3n) is 10.2. The number of halogens is 1. The number of aliphatic hydroxyl groups is 3. The van der Waals surface area contributed by atoms with Crippen LogP contribution < -0.4 is 38.3 Å². The van der Waals surface area contributed by atoms with Gasteiger partial charge in [0.1, 0.15) is 36.3 Å². The SMILES string of the molecule is COc1ccc2nc3cc(Cl)ccc3c(NCCCNC(=O)CCSSCCCCCCO[C@@H]3[C@@H](O)[C@H](N)C[C@H](N)[C@H]3O[C@H]3O[C@H](CN)[C@@H](O)[C@H](O)[C@H]3N)c2c1. The molecule has 2 heterocycles. The molecule has 13 N–H and O–H groups in total. The number of aromatic nitrogens is 1. The monoisotopic (exact) mass is 839 g/mol. The smallest absolute Gasteiger partial charge is 0.220 e. The van der Waals surface area contributed by atoms with Gasteiger partial charge in [0.15, 0.2) is 6.29 Å². The van der Waals surface area contributed by atoms with Crippen molar-refractivity contribution in [1.29, 1.82) is 0 Å². The van der Waals surface area contributed by atoms with Gasteiger partial charge in [0.2, 0.25) is 5.91 Å². The summed E-state index contributed by atoms with van der Waals surface area (Å²) in [6.07, 6.45) is -1.87. The summed E-state index contributed by atoms with van der Waals surface area (Å²) in [4.78, 5) is 17.2. The molecule has 18 heteroatoms. The van der Waals surface area contributed by atoms with E-state index in [4.69, 9.17) is 58.5 Å². The lowest BCUT2D eigenvalue weighted by atomic mass is 9.84. The molecule has 1 amide bonds. The summed E-state index contributed by atoms with van der Waals surface area (Å²) < 4.78 is 23.4. The molecule has 2 aliphatic rings. The summed E-state index contributed by atoms with van der Waals surface area (Å²) in [5.74, 6) is 2.51.